The molecule has 1 aliphatic carbocycles. The second kappa shape index (κ2) is 23.7. The highest BCUT2D eigenvalue weighted by Gasteiger charge is 2.35. The van der Waals surface area contributed by atoms with Crippen LogP contribution in [-0.2, 0) is 17.6 Å². The van der Waals surface area contributed by atoms with E-state index in [1.165, 1.54) is 54.6 Å². The van der Waals surface area contributed by atoms with Crippen molar-refractivity contribution in [1.29, 1.82) is 0 Å². The lowest BCUT2D eigenvalue weighted by atomic mass is 9.93. The van der Waals surface area contributed by atoms with Crippen LogP contribution in [0.2, 0.25) is 0 Å². The Hall–Kier alpha value is -11.7. The van der Waals surface area contributed by atoms with E-state index < -0.39 is 116 Å². The predicted molar refractivity (Wildman–Crippen MR) is 291 cm³/mol. The fourth-order valence-corrected chi connectivity index (χ4v) is 9.03. The number of carbonyl (C=O) groups is 1. The Morgan fingerprint density at radius 3 is 1.27 bits per heavy atom. The molecule has 0 saturated heterocycles. The zero-order valence-electron chi connectivity index (χ0n) is 43.4. The summed E-state index contributed by atoms with van der Waals surface area (Å²) in [5, 5.41) is 206. The summed E-state index contributed by atoms with van der Waals surface area (Å²) in [6, 6.07) is 17.4. The van der Waals surface area contributed by atoms with Crippen LogP contribution in [0.15, 0.2) is 127 Å². The number of carboxylic acids is 1. The lowest BCUT2D eigenvalue weighted by molar-refractivity contribution is -0.133. The summed E-state index contributed by atoms with van der Waals surface area (Å²) in [6.45, 7) is 0. The highest BCUT2D eigenvalue weighted by Crippen LogP contribution is 2.48. The highest BCUT2D eigenvalue weighted by atomic mass is 16.5. The van der Waals surface area contributed by atoms with Gasteiger partial charge in [0.05, 0.1) is 23.0 Å². The summed E-state index contributed by atoms with van der Waals surface area (Å²) >= 11 is 0. The second-order valence-electron chi connectivity index (χ2n) is 19.0. The lowest BCUT2D eigenvalue weighted by Gasteiger charge is -2.31. The minimum atomic E-state index is -1.32. The average Bonchev–Trinajstić information content (AvgIpc) is 0.750. The van der Waals surface area contributed by atoms with Crippen LogP contribution in [0.4, 0.5) is 0 Å². The molecule has 7 aromatic carbocycles. The number of aromatic hydroxyl groups is 16. The van der Waals surface area contributed by atoms with E-state index >= 15 is 0 Å². The third kappa shape index (κ3) is 12.0. The van der Waals surface area contributed by atoms with Crippen LogP contribution in [0, 0.1) is 0 Å². The number of ether oxygens (including phenoxy) is 2. The Labute approximate surface area is 477 Å². The summed E-state index contributed by atoms with van der Waals surface area (Å²) in [4.78, 5) is 34.3. The third-order valence-electron chi connectivity index (χ3n) is 13.2. The summed E-state index contributed by atoms with van der Waals surface area (Å²) in [6.07, 6.45) is -4.07. The number of hydrogen-bond donors (Lipinski definition) is 22. The maximum absolute atomic E-state index is 12.0. The first-order chi connectivity index (χ1) is 40.4. The van der Waals surface area contributed by atoms with Crippen LogP contribution in [0.25, 0.3) is 32.7 Å². The molecule has 0 fully saturated rings. The minimum absolute atomic E-state index is 0.00597. The van der Waals surface area contributed by atoms with Crippen molar-refractivity contribution in [3.8, 4) is 103 Å². The topological polar surface area (TPSA) is 541 Å². The van der Waals surface area contributed by atoms with Crippen LogP contribution in [0.1, 0.15) is 40.9 Å². The van der Waals surface area contributed by atoms with Crippen molar-refractivity contribution in [3.05, 3.63) is 151 Å². The zero-order chi connectivity index (χ0) is 63.1. The van der Waals surface area contributed by atoms with E-state index in [1.807, 2.05) is 0 Å². The molecule has 86 heavy (non-hydrogen) atoms. The molecular formula is C57H48O29. The molecule has 22 N–H and O–H groups in total. The molecule has 0 spiro atoms. The number of aliphatic carboxylic acids is 1. The largest absolute Gasteiger partial charge is 0.508 e. The van der Waals surface area contributed by atoms with E-state index in [1.54, 1.807) is 0 Å². The Morgan fingerprint density at radius 1 is 0.430 bits per heavy atom. The first kappa shape index (κ1) is 60.4. The maximum Gasteiger partial charge on any atom is 0.344 e. The van der Waals surface area contributed by atoms with Gasteiger partial charge in [0.2, 0.25) is 11.5 Å². The van der Waals surface area contributed by atoms with Gasteiger partial charge in [0.1, 0.15) is 46.7 Å². The summed E-state index contributed by atoms with van der Waals surface area (Å²) in [5.74, 6) is -8.77. The number of carboxylic acid groups (broad SMARTS) is 1. The molecule has 1 unspecified atom stereocenters. The van der Waals surface area contributed by atoms with Gasteiger partial charge in [-0.25, -0.2) is 14.4 Å². The second-order valence-corrected chi connectivity index (χ2v) is 19.0. The molecule has 0 radical (unpaired) electrons. The molecule has 0 bridgehead atoms. The van der Waals surface area contributed by atoms with Gasteiger partial charge in [-0.3, -0.25) is 0 Å². The summed E-state index contributed by atoms with van der Waals surface area (Å²) < 4.78 is 21.1. The lowest BCUT2D eigenvalue weighted by Crippen LogP contribution is -2.30. The Bertz CT molecular complexity index is 4170. The van der Waals surface area contributed by atoms with Crippen molar-refractivity contribution in [1.82, 2.24) is 0 Å². The van der Waals surface area contributed by atoms with Crippen LogP contribution < -0.4 is 20.7 Å². The van der Waals surface area contributed by atoms with Crippen LogP contribution in [0.3, 0.4) is 0 Å². The third-order valence-corrected chi connectivity index (χ3v) is 13.2. The SMILES string of the molecule is O=C(O)C1=CC(O)=C(O)C(O)C1.O=c1oc2c(O)c(O)cc3c(=O)oc4c(O)c(O)cc1c4c23.Oc1cc(O)c2c(c1)O[C@H](c1cc(O)c(O)c(O)c1)[C@H](O)C2.Oc1cc(O)c2c(c1)O[C@H](c1ccc(O)c(O)c1)[C@H](O)C2.Oc1cccc(O)c1O. The summed E-state index contributed by atoms with van der Waals surface area (Å²) in [5.41, 5.74) is -1.33. The van der Waals surface area contributed by atoms with Gasteiger partial charge in [-0.1, -0.05) is 12.1 Å². The van der Waals surface area contributed by atoms with E-state index in [0.29, 0.717) is 16.7 Å². The molecule has 9 aromatic rings. The van der Waals surface area contributed by atoms with E-state index in [2.05, 4.69) is 0 Å². The van der Waals surface area contributed by atoms with E-state index in [9.17, 15) is 91.0 Å². The number of rotatable bonds is 3. The predicted octanol–water partition coefficient (Wildman–Crippen LogP) is 5.00. The maximum atomic E-state index is 12.0. The van der Waals surface area contributed by atoms with Gasteiger partial charge in [0, 0.05) is 76.6 Å². The zero-order valence-corrected chi connectivity index (χ0v) is 43.4. The number of phenols is 16. The van der Waals surface area contributed by atoms with Gasteiger partial charge in [0.15, 0.2) is 86.3 Å². The quantitative estimate of drug-likeness (QED) is 0.0628. The van der Waals surface area contributed by atoms with Crippen molar-refractivity contribution in [3.63, 3.8) is 0 Å². The van der Waals surface area contributed by atoms with Gasteiger partial charge < -0.3 is 131 Å². The molecule has 5 atom stereocenters. The number of benzene rings is 7. The number of para-hydroxylation sites is 1. The first-order valence-electron chi connectivity index (χ1n) is 24.6. The van der Waals surface area contributed by atoms with Crippen molar-refractivity contribution in [2.45, 2.75) is 49.8 Å². The fraction of sp³-hybridized carbons (Fsp3) is 0.140. The van der Waals surface area contributed by atoms with Crippen molar-refractivity contribution in [2.24, 2.45) is 0 Å². The van der Waals surface area contributed by atoms with Crippen LogP contribution in [-0.4, -0.2) is 137 Å². The highest BCUT2D eigenvalue weighted by molar-refractivity contribution is 6.22. The van der Waals surface area contributed by atoms with E-state index in [4.69, 9.17) is 54.1 Å². The molecule has 0 saturated carbocycles. The molecular weight excluding hydrogens is 1150 g/mol. The minimum Gasteiger partial charge on any atom is -0.508 e. The van der Waals surface area contributed by atoms with Gasteiger partial charge in [0.25, 0.3) is 0 Å². The van der Waals surface area contributed by atoms with Crippen LogP contribution in [0.5, 0.6) is 103 Å². The number of aliphatic hydroxyl groups excluding tert-OH is 5. The first-order valence-corrected chi connectivity index (χ1v) is 24.6. The molecule has 4 heterocycles. The van der Waals surface area contributed by atoms with Gasteiger partial charge in [-0.05, 0) is 60.2 Å². The van der Waals surface area contributed by atoms with Gasteiger partial charge >= 0.3 is 17.2 Å². The summed E-state index contributed by atoms with van der Waals surface area (Å²) in [7, 11) is 0. The molecule has 12 rings (SSSR count). The average molecular weight is 1200 g/mol. The Morgan fingerprint density at radius 2 is 0.849 bits per heavy atom. The van der Waals surface area contributed by atoms with E-state index in [-0.39, 0.29) is 109 Å². The van der Waals surface area contributed by atoms with Gasteiger partial charge in [-0.15, -0.1) is 0 Å². The Kier molecular flexibility index (Phi) is 16.6. The van der Waals surface area contributed by atoms with Gasteiger partial charge in [-0.2, -0.15) is 0 Å². The molecule has 450 valence electrons. The van der Waals surface area contributed by atoms with Crippen molar-refractivity contribution >= 4 is 38.7 Å². The van der Waals surface area contributed by atoms with Crippen molar-refractivity contribution in [2.75, 3.05) is 0 Å². The standard InChI is InChI=1S/C15H14O7.C15H14O6.C14H6O8.C7H8O5.C6H6O3/c16-7-3-9(17)8-5-12(20)15(22-13(8)4-7)6-1-10(18)14(21)11(19)2-6;16-8-4-11(18)9-6-13(20)15(21-14(9)5-8)7-1-2-10(17)12(19)3-7;15-5-1-3-7-8-4(14(20)22-11(7)9(5)17)2-6(16)10(18)12(8)21-13(3)19;8-4-1-3(7(11)12)2-5(9)6(4)10;7-4-2-1-3-5(8)6(4)9/h1-4,12,15-21H,5H2;1-5,13,15-20H,6H2;1-2,15-18H;1,5,8-10H,2H2,(H,11,12);1-3,7-9H/t12-,15-;13-,15-;;;/m11.../s1. The number of phenolic OH excluding ortho intramolecular Hbond substituents is 16. The monoisotopic (exact) mass is 1200 g/mol. The molecule has 2 aromatic heterocycles. The molecule has 2 aliphatic heterocycles. The normalized spacial score (nSPS) is 17.5. The Balaban J connectivity index is 0.000000145. The molecule has 0 amide bonds. The number of hydrogen-bond acceptors (Lipinski definition) is 28. The number of fused-ring (bicyclic) bond motifs is 2. The molecule has 29 nitrogen and oxygen atoms in total. The fourth-order valence-electron chi connectivity index (χ4n) is 9.03. The smallest absolute Gasteiger partial charge is 0.344 e. The van der Waals surface area contributed by atoms with E-state index in [0.717, 1.165) is 36.4 Å². The number of allylic oxidation sites excluding steroid dienone is 1. The molecule has 29 heteroatoms. The number of aliphatic hydroxyl groups is 5. The molecule has 3 aliphatic rings. The van der Waals surface area contributed by atoms with Crippen LogP contribution >= 0.6 is 0 Å². The van der Waals surface area contributed by atoms with Crippen molar-refractivity contribution < 1.29 is 135 Å².